The van der Waals surface area contributed by atoms with E-state index in [9.17, 15) is 15.2 Å². The topological polar surface area (TPSA) is 142 Å². The predicted molar refractivity (Wildman–Crippen MR) is 119 cm³/mol. The van der Waals surface area contributed by atoms with Crippen molar-refractivity contribution in [2.45, 2.75) is 13.8 Å². The van der Waals surface area contributed by atoms with Gasteiger partial charge < -0.3 is 15.3 Å². The number of phenolic OH excluding ortho intramolecular Hbond substituents is 1. The van der Waals surface area contributed by atoms with Gasteiger partial charge in [-0.15, -0.1) is 0 Å². The molecule has 0 spiro atoms. The first kappa shape index (κ1) is 21.4. The first-order valence-electron chi connectivity index (χ1n) is 9.59. The molecule has 0 amide bonds. The number of hydrogen-bond donors (Lipinski definition) is 3. The fourth-order valence-electron chi connectivity index (χ4n) is 2.70. The molecule has 0 aliphatic carbocycles. The number of rotatable bonds is 9. The molecule has 11 nitrogen and oxygen atoms in total. The Hall–Kier alpha value is -4.28. The van der Waals surface area contributed by atoms with Gasteiger partial charge in [-0.25, -0.2) is 5.43 Å². The number of nitro groups is 1. The Bertz CT molecular complexity index is 1070. The average Bonchev–Trinajstić information content (AvgIpc) is 2.76. The number of hydrazone groups is 1. The average molecular weight is 422 g/mol. The van der Waals surface area contributed by atoms with E-state index in [1.807, 2.05) is 49.1 Å². The Kier molecular flexibility index (Phi) is 6.89. The molecule has 0 atom stereocenters. The maximum Gasteiger partial charge on any atom is 0.311 e. The summed E-state index contributed by atoms with van der Waals surface area (Å²) in [4.78, 5) is 25.5. The van der Waals surface area contributed by atoms with Crippen LogP contribution in [-0.2, 0) is 0 Å². The van der Waals surface area contributed by atoms with Crippen LogP contribution >= 0.6 is 0 Å². The molecule has 2 aromatic carbocycles. The highest BCUT2D eigenvalue weighted by Crippen LogP contribution is 2.25. The summed E-state index contributed by atoms with van der Waals surface area (Å²) in [6, 6.07) is 13.5. The molecule has 0 aliphatic rings. The van der Waals surface area contributed by atoms with Crippen LogP contribution in [0.25, 0.3) is 0 Å². The lowest BCUT2D eigenvalue weighted by Gasteiger charge is -2.19. The summed E-state index contributed by atoms with van der Waals surface area (Å²) in [5.41, 5.74) is 3.59. The van der Waals surface area contributed by atoms with E-state index in [0.29, 0.717) is 30.5 Å². The van der Waals surface area contributed by atoms with Crippen LogP contribution in [0, 0.1) is 10.1 Å². The molecule has 1 heterocycles. The predicted octanol–water partition coefficient (Wildman–Crippen LogP) is 3.52. The molecule has 0 fully saturated rings. The molecular weight excluding hydrogens is 400 g/mol. The minimum Gasteiger partial charge on any atom is -0.502 e. The van der Waals surface area contributed by atoms with Crippen molar-refractivity contribution in [1.82, 2.24) is 15.0 Å². The highest BCUT2D eigenvalue weighted by Gasteiger charge is 2.13. The maximum absolute atomic E-state index is 11.0. The Morgan fingerprint density at radius 1 is 1.10 bits per heavy atom. The molecule has 0 aliphatic heterocycles. The van der Waals surface area contributed by atoms with E-state index in [4.69, 9.17) is 0 Å². The summed E-state index contributed by atoms with van der Waals surface area (Å²) in [5.74, 6) is 0.630. The molecule has 0 saturated carbocycles. The van der Waals surface area contributed by atoms with Crippen LogP contribution in [-0.4, -0.2) is 44.3 Å². The van der Waals surface area contributed by atoms with E-state index in [-0.39, 0.29) is 5.95 Å². The van der Waals surface area contributed by atoms with Gasteiger partial charge in [0, 0.05) is 30.4 Å². The molecule has 160 valence electrons. The third-order valence-corrected chi connectivity index (χ3v) is 4.27. The molecule has 3 rings (SSSR count). The highest BCUT2D eigenvalue weighted by molar-refractivity contribution is 5.82. The number of nitrogens with one attached hydrogen (secondary N) is 2. The molecular formula is C20H22N8O3. The van der Waals surface area contributed by atoms with Crippen molar-refractivity contribution in [3.8, 4) is 5.75 Å². The van der Waals surface area contributed by atoms with Gasteiger partial charge in [-0.2, -0.15) is 20.1 Å². The molecule has 3 aromatic rings. The second-order valence-electron chi connectivity index (χ2n) is 6.32. The third-order valence-electron chi connectivity index (χ3n) is 4.27. The first-order valence-corrected chi connectivity index (χ1v) is 9.59. The number of phenols is 1. The summed E-state index contributed by atoms with van der Waals surface area (Å²) in [7, 11) is 0. The van der Waals surface area contributed by atoms with Crippen molar-refractivity contribution >= 4 is 35.4 Å². The standard InChI is InChI=1S/C20H22N8O3/c1-3-27(4-2)20-24-18(22-15-8-6-5-7-9-15)23-19(25-20)26-21-13-14-10-11-17(29)16(12-14)28(30)31/h5-13,29H,3-4H2,1-2H3,(H2,22,23,24,25,26)/b21-13+. The largest absolute Gasteiger partial charge is 0.502 e. The number of para-hydroxylation sites is 1. The van der Waals surface area contributed by atoms with E-state index in [0.717, 1.165) is 5.69 Å². The van der Waals surface area contributed by atoms with Gasteiger partial charge in [0.25, 0.3) is 0 Å². The molecule has 0 saturated heterocycles. The fraction of sp³-hybridized carbons (Fsp3) is 0.200. The van der Waals surface area contributed by atoms with Crippen LogP contribution in [0.15, 0.2) is 53.6 Å². The van der Waals surface area contributed by atoms with Gasteiger partial charge in [-0.1, -0.05) is 18.2 Å². The zero-order valence-corrected chi connectivity index (χ0v) is 17.1. The summed E-state index contributed by atoms with van der Waals surface area (Å²) in [6.45, 7) is 5.43. The minimum absolute atomic E-state index is 0.208. The van der Waals surface area contributed by atoms with E-state index in [1.165, 1.54) is 24.4 Å². The number of anilines is 4. The number of hydrogen-bond acceptors (Lipinski definition) is 10. The Balaban J connectivity index is 1.84. The Morgan fingerprint density at radius 2 is 1.81 bits per heavy atom. The van der Waals surface area contributed by atoms with E-state index < -0.39 is 16.4 Å². The van der Waals surface area contributed by atoms with Gasteiger partial charge >= 0.3 is 5.69 Å². The monoisotopic (exact) mass is 422 g/mol. The molecule has 0 unspecified atom stereocenters. The summed E-state index contributed by atoms with van der Waals surface area (Å²) < 4.78 is 0. The quantitative estimate of drug-likeness (QED) is 0.268. The van der Waals surface area contributed by atoms with Crippen molar-refractivity contribution in [3.05, 3.63) is 64.2 Å². The van der Waals surface area contributed by atoms with Crippen LogP contribution in [0.4, 0.5) is 29.2 Å². The van der Waals surface area contributed by atoms with Crippen LogP contribution in [0.3, 0.4) is 0 Å². The van der Waals surface area contributed by atoms with Crippen LogP contribution < -0.4 is 15.6 Å². The third kappa shape index (κ3) is 5.63. The lowest BCUT2D eigenvalue weighted by Crippen LogP contribution is -2.25. The van der Waals surface area contributed by atoms with E-state index in [2.05, 4.69) is 30.8 Å². The number of nitrogens with zero attached hydrogens (tertiary/aromatic N) is 6. The molecule has 31 heavy (non-hydrogen) atoms. The zero-order valence-electron chi connectivity index (χ0n) is 17.1. The second kappa shape index (κ2) is 9.96. The van der Waals surface area contributed by atoms with E-state index >= 15 is 0 Å². The Labute approximate surface area is 178 Å². The molecule has 3 N–H and O–H groups in total. The molecule has 0 radical (unpaired) electrons. The zero-order chi connectivity index (χ0) is 22.2. The Morgan fingerprint density at radius 3 is 2.48 bits per heavy atom. The lowest BCUT2D eigenvalue weighted by atomic mass is 10.2. The number of aromatic hydroxyl groups is 1. The smallest absolute Gasteiger partial charge is 0.311 e. The second-order valence-corrected chi connectivity index (χ2v) is 6.32. The van der Waals surface area contributed by atoms with Crippen molar-refractivity contribution in [1.29, 1.82) is 0 Å². The van der Waals surface area contributed by atoms with Crippen molar-refractivity contribution in [2.75, 3.05) is 28.7 Å². The van der Waals surface area contributed by atoms with Gasteiger partial charge in [-0.05, 0) is 38.1 Å². The minimum atomic E-state index is -0.663. The maximum atomic E-state index is 11.0. The van der Waals surface area contributed by atoms with Gasteiger partial charge in [0.2, 0.25) is 17.8 Å². The molecule has 1 aromatic heterocycles. The van der Waals surface area contributed by atoms with Gasteiger partial charge in [0.05, 0.1) is 11.1 Å². The van der Waals surface area contributed by atoms with E-state index in [1.54, 1.807) is 0 Å². The number of aromatic nitrogens is 3. The van der Waals surface area contributed by atoms with Gasteiger partial charge in [0.15, 0.2) is 5.75 Å². The van der Waals surface area contributed by atoms with Crippen LogP contribution in [0.2, 0.25) is 0 Å². The summed E-state index contributed by atoms with van der Waals surface area (Å²) in [6.07, 6.45) is 1.37. The SMILES string of the molecule is CCN(CC)c1nc(N/N=C/c2ccc(O)c([N+](=O)[O-])c2)nc(Nc2ccccc2)n1. The summed E-state index contributed by atoms with van der Waals surface area (Å²) >= 11 is 0. The van der Waals surface area contributed by atoms with Crippen molar-refractivity contribution < 1.29 is 10.0 Å². The fourth-order valence-corrected chi connectivity index (χ4v) is 2.70. The number of benzene rings is 2. The number of nitro benzene ring substituents is 1. The lowest BCUT2D eigenvalue weighted by molar-refractivity contribution is -0.385. The summed E-state index contributed by atoms with van der Waals surface area (Å²) in [5, 5.41) is 27.7. The van der Waals surface area contributed by atoms with Gasteiger partial charge in [-0.3, -0.25) is 10.1 Å². The molecule has 0 bridgehead atoms. The highest BCUT2D eigenvalue weighted by atomic mass is 16.6. The molecule has 11 heteroatoms. The van der Waals surface area contributed by atoms with Crippen LogP contribution in [0.1, 0.15) is 19.4 Å². The van der Waals surface area contributed by atoms with Crippen molar-refractivity contribution in [3.63, 3.8) is 0 Å². The van der Waals surface area contributed by atoms with Gasteiger partial charge in [0.1, 0.15) is 0 Å². The van der Waals surface area contributed by atoms with Crippen molar-refractivity contribution in [2.24, 2.45) is 5.10 Å². The normalized spacial score (nSPS) is 10.8. The first-order chi connectivity index (χ1) is 15.0. The van der Waals surface area contributed by atoms with Crippen LogP contribution in [0.5, 0.6) is 5.75 Å².